The van der Waals surface area contributed by atoms with Crippen LogP contribution < -0.4 is 4.90 Å². The fourth-order valence-electron chi connectivity index (χ4n) is 1.72. The van der Waals surface area contributed by atoms with Crippen molar-refractivity contribution in [2.75, 3.05) is 17.3 Å². The second kappa shape index (κ2) is 6.63. The van der Waals surface area contributed by atoms with E-state index in [0.717, 1.165) is 12.8 Å². The summed E-state index contributed by atoms with van der Waals surface area (Å²) in [6.07, 6.45) is 4.36. The number of rotatable bonds is 6. The highest BCUT2D eigenvalue weighted by molar-refractivity contribution is 6.18. The molecule has 16 heavy (non-hydrogen) atoms. The number of alkyl halides is 1. The largest absolute Gasteiger partial charge is 0.337 e. The van der Waals surface area contributed by atoms with Crippen LogP contribution in [0.3, 0.4) is 0 Å². The molecular formula is C11H17ClFN3. The Morgan fingerprint density at radius 2 is 1.88 bits per heavy atom. The topological polar surface area (TPSA) is 29.0 Å². The van der Waals surface area contributed by atoms with E-state index in [2.05, 4.69) is 23.8 Å². The van der Waals surface area contributed by atoms with E-state index in [1.165, 1.54) is 12.4 Å². The average molecular weight is 246 g/mol. The highest BCUT2D eigenvalue weighted by atomic mass is 35.5. The highest BCUT2D eigenvalue weighted by Gasteiger charge is 2.17. The maximum absolute atomic E-state index is 12.7. The van der Waals surface area contributed by atoms with Gasteiger partial charge in [-0.3, -0.25) is 0 Å². The second-order valence-corrected chi connectivity index (χ2v) is 3.93. The maximum Gasteiger partial charge on any atom is 0.225 e. The summed E-state index contributed by atoms with van der Waals surface area (Å²) in [5.41, 5.74) is 0. The smallest absolute Gasteiger partial charge is 0.225 e. The van der Waals surface area contributed by atoms with Gasteiger partial charge in [-0.2, -0.15) is 0 Å². The van der Waals surface area contributed by atoms with E-state index >= 15 is 0 Å². The minimum absolute atomic E-state index is 0.351. The van der Waals surface area contributed by atoms with E-state index in [0.29, 0.717) is 24.4 Å². The van der Waals surface area contributed by atoms with Gasteiger partial charge in [0.15, 0.2) is 5.82 Å². The zero-order valence-electron chi connectivity index (χ0n) is 9.66. The summed E-state index contributed by atoms with van der Waals surface area (Å²) >= 11 is 5.76. The quantitative estimate of drug-likeness (QED) is 0.722. The molecule has 0 radical (unpaired) electrons. The SMILES string of the molecule is CCC(CC)N(CCCl)c1ncc(F)cn1. The first-order chi connectivity index (χ1) is 7.72. The molecule has 3 nitrogen and oxygen atoms in total. The van der Waals surface area contributed by atoms with Gasteiger partial charge >= 0.3 is 0 Å². The molecule has 0 unspecified atom stereocenters. The van der Waals surface area contributed by atoms with Crippen LogP contribution in [0.5, 0.6) is 0 Å². The van der Waals surface area contributed by atoms with Crippen molar-refractivity contribution in [2.45, 2.75) is 32.7 Å². The van der Waals surface area contributed by atoms with Crippen LogP contribution in [0.15, 0.2) is 12.4 Å². The Balaban J connectivity index is 2.87. The number of halogens is 2. The molecule has 0 N–H and O–H groups in total. The molecule has 1 rings (SSSR count). The van der Waals surface area contributed by atoms with E-state index < -0.39 is 5.82 Å². The van der Waals surface area contributed by atoms with Crippen LogP contribution in [0.25, 0.3) is 0 Å². The molecule has 0 aromatic carbocycles. The average Bonchev–Trinajstić information content (AvgIpc) is 2.31. The lowest BCUT2D eigenvalue weighted by Crippen LogP contribution is -2.37. The molecule has 0 atom stereocenters. The van der Waals surface area contributed by atoms with Gasteiger partial charge in [-0.1, -0.05) is 13.8 Å². The van der Waals surface area contributed by atoms with Crippen LogP contribution in [0.1, 0.15) is 26.7 Å². The third-order valence-corrected chi connectivity index (χ3v) is 2.74. The van der Waals surface area contributed by atoms with Crippen molar-refractivity contribution >= 4 is 17.5 Å². The van der Waals surface area contributed by atoms with E-state index in [9.17, 15) is 4.39 Å². The molecule has 1 aromatic heterocycles. The van der Waals surface area contributed by atoms with Crippen LogP contribution in [-0.4, -0.2) is 28.4 Å². The lowest BCUT2D eigenvalue weighted by atomic mass is 10.1. The van der Waals surface area contributed by atoms with Gasteiger partial charge in [0.1, 0.15) is 0 Å². The van der Waals surface area contributed by atoms with Crippen molar-refractivity contribution in [2.24, 2.45) is 0 Å². The first-order valence-electron chi connectivity index (χ1n) is 5.53. The van der Waals surface area contributed by atoms with Crippen molar-refractivity contribution in [3.63, 3.8) is 0 Å². The highest BCUT2D eigenvalue weighted by Crippen LogP contribution is 2.15. The summed E-state index contributed by atoms with van der Waals surface area (Å²) in [5, 5.41) is 0. The first-order valence-corrected chi connectivity index (χ1v) is 6.06. The number of anilines is 1. The Morgan fingerprint density at radius 1 is 1.31 bits per heavy atom. The predicted molar refractivity (Wildman–Crippen MR) is 64.4 cm³/mol. The molecular weight excluding hydrogens is 229 g/mol. The summed E-state index contributed by atoms with van der Waals surface area (Å²) in [6.45, 7) is 4.90. The molecule has 0 fully saturated rings. The Kier molecular flexibility index (Phi) is 5.46. The Hall–Kier alpha value is -0.900. The third kappa shape index (κ3) is 3.30. The number of hydrogen-bond donors (Lipinski definition) is 0. The fraction of sp³-hybridized carbons (Fsp3) is 0.636. The lowest BCUT2D eigenvalue weighted by molar-refractivity contribution is 0.551. The minimum atomic E-state index is -0.417. The summed E-state index contributed by atoms with van der Waals surface area (Å²) < 4.78 is 12.7. The van der Waals surface area contributed by atoms with Gasteiger partial charge in [-0.15, -0.1) is 11.6 Å². The molecule has 1 heterocycles. The molecule has 0 bridgehead atoms. The number of aromatic nitrogens is 2. The van der Waals surface area contributed by atoms with E-state index in [4.69, 9.17) is 11.6 Å². The van der Waals surface area contributed by atoms with Crippen LogP contribution in [-0.2, 0) is 0 Å². The van der Waals surface area contributed by atoms with Gasteiger partial charge in [0.2, 0.25) is 5.95 Å². The molecule has 0 amide bonds. The number of nitrogens with zero attached hydrogens (tertiary/aromatic N) is 3. The standard InChI is InChI=1S/C11H17ClFN3/c1-3-10(4-2)16(6-5-12)11-14-7-9(13)8-15-11/h7-8,10H,3-6H2,1-2H3. The number of hydrogen-bond acceptors (Lipinski definition) is 3. The molecule has 0 spiro atoms. The van der Waals surface area contributed by atoms with Crippen molar-refractivity contribution in [1.29, 1.82) is 0 Å². The van der Waals surface area contributed by atoms with Crippen LogP contribution >= 0.6 is 11.6 Å². The monoisotopic (exact) mass is 245 g/mol. The van der Waals surface area contributed by atoms with Gasteiger partial charge in [-0.25, -0.2) is 14.4 Å². The van der Waals surface area contributed by atoms with Crippen LogP contribution in [0.2, 0.25) is 0 Å². The normalized spacial score (nSPS) is 10.8. The Bertz CT molecular complexity index is 301. The van der Waals surface area contributed by atoms with E-state index in [1.54, 1.807) is 0 Å². The molecule has 0 aliphatic rings. The summed E-state index contributed by atoms with van der Waals surface area (Å²) in [5.74, 6) is 0.645. The van der Waals surface area contributed by atoms with Crippen molar-refractivity contribution < 1.29 is 4.39 Å². The van der Waals surface area contributed by atoms with Crippen LogP contribution in [0.4, 0.5) is 10.3 Å². The molecule has 0 aliphatic carbocycles. The van der Waals surface area contributed by atoms with Gasteiger partial charge in [0, 0.05) is 18.5 Å². The minimum Gasteiger partial charge on any atom is -0.337 e. The summed E-state index contributed by atoms with van der Waals surface area (Å²) in [4.78, 5) is 10.0. The van der Waals surface area contributed by atoms with E-state index in [1.807, 2.05) is 4.90 Å². The summed E-state index contributed by atoms with van der Waals surface area (Å²) in [7, 11) is 0. The first kappa shape index (κ1) is 13.2. The molecule has 0 aliphatic heterocycles. The molecule has 0 saturated heterocycles. The van der Waals surface area contributed by atoms with Gasteiger partial charge in [-0.05, 0) is 12.8 Å². The third-order valence-electron chi connectivity index (χ3n) is 2.57. The van der Waals surface area contributed by atoms with Gasteiger partial charge in [0.05, 0.1) is 12.4 Å². The zero-order chi connectivity index (χ0) is 12.0. The molecule has 5 heteroatoms. The summed E-state index contributed by atoms with van der Waals surface area (Å²) in [6, 6.07) is 0.351. The Labute approximate surface area is 101 Å². The van der Waals surface area contributed by atoms with E-state index in [-0.39, 0.29) is 0 Å². The van der Waals surface area contributed by atoms with Crippen molar-refractivity contribution in [3.05, 3.63) is 18.2 Å². The predicted octanol–water partition coefficient (Wildman–Crippen LogP) is 2.85. The molecule has 90 valence electrons. The zero-order valence-corrected chi connectivity index (χ0v) is 10.4. The molecule has 1 aromatic rings. The van der Waals surface area contributed by atoms with Crippen molar-refractivity contribution in [1.82, 2.24) is 9.97 Å². The second-order valence-electron chi connectivity index (χ2n) is 3.55. The van der Waals surface area contributed by atoms with Gasteiger partial charge in [0.25, 0.3) is 0 Å². The fourth-order valence-corrected chi connectivity index (χ4v) is 1.90. The Morgan fingerprint density at radius 3 is 2.31 bits per heavy atom. The van der Waals surface area contributed by atoms with Crippen molar-refractivity contribution in [3.8, 4) is 0 Å². The maximum atomic E-state index is 12.7. The van der Waals surface area contributed by atoms with Gasteiger partial charge < -0.3 is 4.90 Å². The van der Waals surface area contributed by atoms with Crippen LogP contribution in [0, 0.1) is 5.82 Å². The molecule has 0 saturated carbocycles. The lowest BCUT2D eigenvalue weighted by Gasteiger charge is -2.29.